The molecule has 2 amide bonds. The highest BCUT2D eigenvalue weighted by Crippen LogP contribution is 2.24. The summed E-state index contributed by atoms with van der Waals surface area (Å²) in [5.74, 6) is -1.09. The number of aryl methyl sites for hydroxylation is 1. The smallest absolute Gasteiger partial charge is 0.315 e. The van der Waals surface area contributed by atoms with E-state index in [9.17, 15) is 9.59 Å². The average molecular weight is 294 g/mol. The molecule has 2 rings (SSSR count). The van der Waals surface area contributed by atoms with Gasteiger partial charge in [0, 0.05) is 31.5 Å². The Morgan fingerprint density at radius 3 is 2.95 bits per heavy atom. The molecule has 7 heteroatoms. The molecule has 0 spiro atoms. The van der Waals surface area contributed by atoms with E-state index in [1.165, 1.54) is 0 Å². The Balaban J connectivity index is 1.61. The minimum Gasteiger partial charge on any atom is -0.481 e. The molecule has 2 atom stereocenters. The van der Waals surface area contributed by atoms with Crippen LogP contribution in [0.2, 0.25) is 0 Å². The van der Waals surface area contributed by atoms with Gasteiger partial charge in [-0.25, -0.2) is 4.79 Å². The third-order valence-corrected chi connectivity index (χ3v) is 3.77. The van der Waals surface area contributed by atoms with Gasteiger partial charge in [0.25, 0.3) is 0 Å². The zero-order valence-electron chi connectivity index (χ0n) is 12.0. The zero-order valence-corrected chi connectivity index (χ0v) is 12.0. The van der Waals surface area contributed by atoms with Crippen LogP contribution in [-0.2, 0) is 11.3 Å². The molecule has 1 heterocycles. The SMILES string of the molecule is O=C(NCCCn1cccn1)NC1CCCC(C(=O)O)C1. The number of nitrogens with zero attached hydrogens (tertiary/aromatic N) is 2. The van der Waals surface area contributed by atoms with Gasteiger partial charge in [0.05, 0.1) is 5.92 Å². The van der Waals surface area contributed by atoms with E-state index in [1.54, 1.807) is 6.20 Å². The molecule has 1 aliphatic rings. The predicted molar refractivity (Wildman–Crippen MR) is 76.8 cm³/mol. The molecule has 1 saturated carbocycles. The van der Waals surface area contributed by atoms with Gasteiger partial charge in [0.15, 0.2) is 0 Å². The Bertz CT molecular complexity index is 461. The first-order valence-corrected chi connectivity index (χ1v) is 7.40. The standard InChI is InChI=1S/C14H22N4O3/c19-13(20)11-4-1-5-12(10-11)17-14(21)15-6-2-8-18-9-3-7-16-18/h3,7,9,11-12H,1-2,4-6,8,10H2,(H,19,20)(H2,15,17,21). The molecule has 3 N–H and O–H groups in total. The van der Waals surface area contributed by atoms with Gasteiger partial charge in [0.1, 0.15) is 0 Å². The minimum atomic E-state index is -0.763. The maximum absolute atomic E-state index is 11.8. The molecule has 116 valence electrons. The summed E-state index contributed by atoms with van der Waals surface area (Å²) in [5, 5.41) is 18.8. The molecule has 1 aromatic heterocycles. The molecule has 1 aliphatic carbocycles. The molecule has 7 nitrogen and oxygen atoms in total. The summed E-state index contributed by atoms with van der Waals surface area (Å²) in [6, 6.07) is 1.61. The van der Waals surface area contributed by atoms with E-state index >= 15 is 0 Å². The molecule has 0 aliphatic heterocycles. The number of amides is 2. The van der Waals surface area contributed by atoms with E-state index < -0.39 is 5.97 Å². The molecule has 1 fully saturated rings. The first-order valence-electron chi connectivity index (χ1n) is 7.40. The summed E-state index contributed by atoms with van der Waals surface area (Å²) in [4.78, 5) is 22.7. The Labute approximate surface area is 123 Å². The van der Waals surface area contributed by atoms with Crippen molar-refractivity contribution >= 4 is 12.0 Å². The van der Waals surface area contributed by atoms with Crippen LogP contribution in [0.4, 0.5) is 4.79 Å². The summed E-state index contributed by atoms with van der Waals surface area (Å²) in [6.07, 6.45) is 7.34. The van der Waals surface area contributed by atoms with E-state index in [0.717, 1.165) is 25.8 Å². The molecule has 0 saturated heterocycles. The number of nitrogens with one attached hydrogen (secondary N) is 2. The Morgan fingerprint density at radius 2 is 2.24 bits per heavy atom. The fourth-order valence-corrected chi connectivity index (χ4v) is 2.66. The first-order chi connectivity index (χ1) is 10.1. The molecule has 0 aromatic carbocycles. The number of carboxylic acids is 1. The van der Waals surface area contributed by atoms with Crippen molar-refractivity contribution in [2.45, 2.75) is 44.7 Å². The van der Waals surface area contributed by atoms with Crippen molar-refractivity contribution in [3.05, 3.63) is 18.5 Å². The second-order valence-corrected chi connectivity index (χ2v) is 5.42. The van der Waals surface area contributed by atoms with Crippen molar-refractivity contribution < 1.29 is 14.7 Å². The maximum Gasteiger partial charge on any atom is 0.315 e. The maximum atomic E-state index is 11.8. The van der Waals surface area contributed by atoms with E-state index in [1.807, 2.05) is 16.9 Å². The zero-order chi connectivity index (χ0) is 15.1. The second-order valence-electron chi connectivity index (χ2n) is 5.42. The number of hydrogen-bond donors (Lipinski definition) is 3. The van der Waals surface area contributed by atoms with E-state index in [0.29, 0.717) is 19.4 Å². The minimum absolute atomic E-state index is 0.0361. The number of carbonyl (C=O) groups is 2. The largest absolute Gasteiger partial charge is 0.481 e. The van der Waals surface area contributed by atoms with E-state index in [-0.39, 0.29) is 18.0 Å². The fraction of sp³-hybridized carbons (Fsp3) is 0.643. The highest BCUT2D eigenvalue weighted by atomic mass is 16.4. The molecule has 1 aromatic rings. The topological polar surface area (TPSA) is 96.3 Å². The van der Waals surface area contributed by atoms with Gasteiger partial charge >= 0.3 is 12.0 Å². The summed E-state index contributed by atoms with van der Waals surface area (Å²) < 4.78 is 1.82. The Kier molecular flexibility index (Phi) is 5.59. The fourth-order valence-electron chi connectivity index (χ4n) is 2.66. The van der Waals surface area contributed by atoms with Gasteiger partial charge in [-0.2, -0.15) is 5.10 Å². The first kappa shape index (κ1) is 15.3. The van der Waals surface area contributed by atoms with Gasteiger partial charge in [-0.3, -0.25) is 9.48 Å². The lowest BCUT2D eigenvalue weighted by Gasteiger charge is -2.27. The highest BCUT2D eigenvalue weighted by molar-refractivity contribution is 5.74. The molecule has 2 unspecified atom stereocenters. The van der Waals surface area contributed by atoms with Crippen molar-refractivity contribution in [1.29, 1.82) is 0 Å². The Hall–Kier alpha value is -2.05. The normalized spacial score (nSPS) is 21.7. The van der Waals surface area contributed by atoms with Crippen molar-refractivity contribution in [2.24, 2.45) is 5.92 Å². The average Bonchev–Trinajstić information content (AvgIpc) is 2.97. The van der Waals surface area contributed by atoms with Crippen LogP contribution in [0, 0.1) is 5.92 Å². The van der Waals surface area contributed by atoms with Gasteiger partial charge in [-0.1, -0.05) is 6.42 Å². The van der Waals surface area contributed by atoms with Crippen LogP contribution in [0.1, 0.15) is 32.1 Å². The summed E-state index contributed by atoms with van der Waals surface area (Å²) in [6.45, 7) is 1.33. The van der Waals surface area contributed by atoms with Crippen LogP contribution in [-0.4, -0.2) is 39.5 Å². The quantitative estimate of drug-likeness (QED) is 0.687. The van der Waals surface area contributed by atoms with Crippen LogP contribution in [0.3, 0.4) is 0 Å². The number of aliphatic carboxylic acids is 1. The second kappa shape index (κ2) is 7.66. The molecule has 0 bridgehead atoms. The molecule has 0 radical (unpaired) electrons. The van der Waals surface area contributed by atoms with Crippen molar-refractivity contribution in [3.8, 4) is 0 Å². The number of carboxylic acid groups (broad SMARTS) is 1. The van der Waals surface area contributed by atoms with Crippen molar-refractivity contribution in [3.63, 3.8) is 0 Å². The van der Waals surface area contributed by atoms with Crippen molar-refractivity contribution in [1.82, 2.24) is 20.4 Å². The van der Waals surface area contributed by atoms with E-state index in [4.69, 9.17) is 5.11 Å². The van der Waals surface area contributed by atoms with Gasteiger partial charge in [-0.15, -0.1) is 0 Å². The Morgan fingerprint density at radius 1 is 1.38 bits per heavy atom. The third kappa shape index (κ3) is 5.09. The van der Waals surface area contributed by atoms with Gasteiger partial charge < -0.3 is 15.7 Å². The number of rotatable bonds is 6. The lowest BCUT2D eigenvalue weighted by Crippen LogP contribution is -2.45. The van der Waals surface area contributed by atoms with Crippen LogP contribution < -0.4 is 10.6 Å². The number of carbonyl (C=O) groups excluding carboxylic acids is 1. The molecular weight excluding hydrogens is 272 g/mol. The highest BCUT2D eigenvalue weighted by Gasteiger charge is 2.27. The lowest BCUT2D eigenvalue weighted by atomic mass is 9.86. The summed E-state index contributed by atoms with van der Waals surface area (Å²) in [7, 11) is 0. The summed E-state index contributed by atoms with van der Waals surface area (Å²) in [5.41, 5.74) is 0. The summed E-state index contributed by atoms with van der Waals surface area (Å²) >= 11 is 0. The number of aromatic nitrogens is 2. The molecular formula is C14H22N4O3. The van der Waals surface area contributed by atoms with Gasteiger partial charge in [-0.05, 0) is 31.7 Å². The van der Waals surface area contributed by atoms with Crippen LogP contribution in [0.25, 0.3) is 0 Å². The van der Waals surface area contributed by atoms with E-state index in [2.05, 4.69) is 15.7 Å². The number of hydrogen-bond acceptors (Lipinski definition) is 3. The van der Waals surface area contributed by atoms with Crippen LogP contribution in [0.5, 0.6) is 0 Å². The van der Waals surface area contributed by atoms with Gasteiger partial charge in [0.2, 0.25) is 0 Å². The van der Waals surface area contributed by atoms with Crippen LogP contribution in [0.15, 0.2) is 18.5 Å². The van der Waals surface area contributed by atoms with Crippen molar-refractivity contribution in [2.75, 3.05) is 6.54 Å². The van der Waals surface area contributed by atoms with Crippen LogP contribution >= 0.6 is 0 Å². The molecule has 21 heavy (non-hydrogen) atoms. The lowest BCUT2D eigenvalue weighted by molar-refractivity contribution is -0.143. The number of urea groups is 1. The third-order valence-electron chi connectivity index (χ3n) is 3.77. The monoisotopic (exact) mass is 294 g/mol. The predicted octanol–water partition coefficient (Wildman–Crippen LogP) is 1.22.